The molecule has 0 heterocycles. The van der Waals surface area contributed by atoms with E-state index in [1.54, 1.807) is 0 Å². The van der Waals surface area contributed by atoms with E-state index in [1.807, 2.05) is 0 Å². The zero-order valence-corrected chi connectivity index (χ0v) is 10.6. The van der Waals surface area contributed by atoms with Gasteiger partial charge in [-0.15, -0.1) is 0 Å². The van der Waals surface area contributed by atoms with Crippen LogP contribution in [0.2, 0.25) is 0 Å². The molecule has 1 unspecified atom stereocenters. The molecule has 1 atom stereocenters. The summed E-state index contributed by atoms with van der Waals surface area (Å²) in [6.07, 6.45) is 2.90. The summed E-state index contributed by atoms with van der Waals surface area (Å²) >= 11 is 0. The third-order valence-electron chi connectivity index (χ3n) is 2.74. The molecule has 0 aliphatic heterocycles. The van der Waals surface area contributed by atoms with Crippen molar-refractivity contribution >= 4 is 0 Å². The van der Waals surface area contributed by atoms with Crippen LogP contribution in [-0.2, 0) is 0 Å². The van der Waals surface area contributed by atoms with Crippen LogP contribution in [0.3, 0.4) is 0 Å². The zero-order chi connectivity index (χ0) is 11.4. The summed E-state index contributed by atoms with van der Waals surface area (Å²) in [6.45, 7) is 13.0. The van der Waals surface area contributed by atoms with Crippen LogP contribution >= 0.6 is 0 Å². The van der Waals surface area contributed by atoms with Crippen molar-refractivity contribution in [3.8, 4) is 0 Å². The minimum atomic E-state index is -0.0232. The molecule has 2 nitrogen and oxygen atoms in total. The van der Waals surface area contributed by atoms with Crippen LogP contribution in [0.5, 0.6) is 0 Å². The van der Waals surface area contributed by atoms with E-state index >= 15 is 0 Å². The zero-order valence-electron chi connectivity index (χ0n) is 10.6. The van der Waals surface area contributed by atoms with Crippen LogP contribution in [-0.4, -0.2) is 6.04 Å². The van der Waals surface area contributed by atoms with Crippen molar-refractivity contribution in [2.45, 2.75) is 66.8 Å². The third-order valence-corrected chi connectivity index (χ3v) is 2.74. The first-order valence-corrected chi connectivity index (χ1v) is 5.53. The standard InChI is InChI=1S/C12H25NO/c1-7-12(5,6)9-10(13-14)8-11(2,3)4/h10H,7-9H2,1-6H3. The molecular formula is C12H25NO. The average molecular weight is 199 g/mol. The van der Waals surface area contributed by atoms with Crippen molar-refractivity contribution in [3.63, 3.8) is 0 Å². The van der Waals surface area contributed by atoms with Crippen LogP contribution in [0.25, 0.3) is 0 Å². The van der Waals surface area contributed by atoms with Crippen molar-refractivity contribution in [2.75, 3.05) is 0 Å². The molecule has 0 rings (SSSR count). The first-order chi connectivity index (χ1) is 6.20. The van der Waals surface area contributed by atoms with E-state index < -0.39 is 0 Å². The Morgan fingerprint density at radius 3 is 1.86 bits per heavy atom. The molecule has 0 radical (unpaired) electrons. The van der Waals surface area contributed by atoms with Crippen LogP contribution in [0.15, 0.2) is 5.18 Å². The number of nitroso groups, excluding NO2 is 1. The minimum Gasteiger partial charge on any atom is -0.151 e. The highest BCUT2D eigenvalue weighted by atomic mass is 16.3. The Morgan fingerprint density at radius 1 is 1.07 bits per heavy atom. The highest BCUT2D eigenvalue weighted by molar-refractivity contribution is 4.80. The van der Waals surface area contributed by atoms with E-state index in [1.165, 1.54) is 0 Å². The Hall–Kier alpha value is -0.400. The fourth-order valence-corrected chi connectivity index (χ4v) is 1.64. The van der Waals surface area contributed by atoms with E-state index in [9.17, 15) is 4.91 Å². The molecule has 0 N–H and O–H groups in total. The average Bonchev–Trinajstić information content (AvgIpc) is 2.00. The number of rotatable bonds is 5. The van der Waals surface area contributed by atoms with E-state index in [0.29, 0.717) is 0 Å². The van der Waals surface area contributed by atoms with Gasteiger partial charge in [0.1, 0.15) is 0 Å². The van der Waals surface area contributed by atoms with Gasteiger partial charge in [0.05, 0.1) is 6.04 Å². The summed E-state index contributed by atoms with van der Waals surface area (Å²) in [6, 6.07) is -0.0232. The summed E-state index contributed by atoms with van der Waals surface area (Å²) in [5.74, 6) is 0. The maximum atomic E-state index is 10.7. The molecule has 0 aromatic carbocycles. The number of nitrogens with zero attached hydrogens (tertiary/aromatic N) is 1. The van der Waals surface area contributed by atoms with Crippen molar-refractivity contribution in [1.82, 2.24) is 0 Å². The minimum absolute atomic E-state index is 0.0232. The second-order valence-corrected chi connectivity index (χ2v) is 6.25. The van der Waals surface area contributed by atoms with Crippen molar-refractivity contribution < 1.29 is 0 Å². The molecule has 84 valence electrons. The molecule has 0 bridgehead atoms. The lowest BCUT2D eigenvalue weighted by Gasteiger charge is -2.28. The Balaban J connectivity index is 4.24. The highest BCUT2D eigenvalue weighted by Crippen LogP contribution is 2.32. The fourth-order valence-electron chi connectivity index (χ4n) is 1.64. The van der Waals surface area contributed by atoms with Gasteiger partial charge in [-0.2, -0.15) is 4.91 Å². The lowest BCUT2D eigenvalue weighted by Crippen LogP contribution is -2.23. The van der Waals surface area contributed by atoms with Gasteiger partial charge in [0.2, 0.25) is 0 Å². The second-order valence-electron chi connectivity index (χ2n) is 6.25. The SMILES string of the molecule is CCC(C)(C)CC(CC(C)(C)C)N=O. The van der Waals surface area contributed by atoms with Crippen molar-refractivity contribution in [3.05, 3.63) is 4.91 Å². The van der Waals surface area contributed by atoms with Gasteiger partial charge in [0, 0.05) is 0 Å². The smallest absolute Gasteiger partial charge is 0.0929 e. The van der Waals surface area contributed by atoms with Crippen molar-refractivity contribution in [2.24, 2.45) is 16.0 Å². The fraction of sp³-hybridized carbons (Fsp3) is 1.00. The van der Waals surface area contributed by atoms with Crippen LogP contribution in [0.1, 0.15) is 60.8 Å². The largest absolute Gasteiger partial charge is 0.151 e. The predicted octanol–water partition coefficient (Wildman–Crippen LogP) is 4.38. The van der Waals surface area contributed by atoms with Crippen LogP contribution in [0.4, 0.5) is 0 Å². The Bertz CT molecular complexity index is 179. The van der Waals surface area contributed by atoms with Crippen LogP contribution in [0, 0.1) is 15.7 Å². The number of hydrogen-bond donors (Lipinski definition) is 0. The normalized spacial score (nSPS) is 15.3. The van der Waals surface area contributed by atoms with Crippen LogP contribution < -0.4 is 0 Å². The maximum absolute atomic E-state index is 10.7. The maximum Gasteiger partial charge on any atom is 0.0929 e. The quantitative estimate of drug-likeness (QED) is 0.604. The predicted molar refractivity (Wildman–Crippen MR) is 62.3 cm³/mol. The molecule has 0 amide bonds. The van der Waals surface area contributed by atoms with Gasteiger partial charge in [-0.25, -0.2) is 0 Å². The summed E-state index contributed by atoms with van der Waals surface area (Å²) in [5.41, 5.74) is 0.437. The van der Waals surface area contributed by atoms with Gasteiger partial charge in [-0.3, -0.25) is 0 Å². The van der Waals surface area contributed by atoms with Gasteiger partial charge in [0.25, 0.3) is 0 Å². The van der Waals surface area contributed by atoms with E-state index in [0.717, 1.165) is 19.3 Å². The monoisotopic (exact) mass is 199 g/mol. The molecule has 0 aliphatic rings. The summed E-state index contributed by atoms with van der Waals surface area (Å²) in [7, 11) is 0. The topological polar surface area (TPSA) is 29.4 Å². The Labute approximate surface area is 88.4 Å². The summed E-state index contributed by atoms with van der Waals surface area (Å²) in [4.78, 5) is 10.7. The van der Waals surface area contributed by atoms with Gasteiger partial charge in [-0.05, 0) is 23.7 Å². The van der Waals surface area contributed by atoms with E-state index in [4.69, 9.17) is 0 Å². The third kappa shape index (κ3) is 6.11. The molecule has 2 heteroatoms. The second kappa shape index (κ2) is 4.90. The molecule has 0 aromatic rings. The Kier molecular flexibility index (Phi) is 4.76. The first kappa shape index (κ1) is 13.6. The molecule has 14 heavy (non-hydrogen) atoms. The summed E-state index contributed by atoms with van der Waals surface area (Å²) < 4.78 is 0. The molecule has 0 aromatic heterocycles. The van der Waals surface area contributed by atoms with Gasteiger partial charge < -0.3 is 0 Å². The molecule has 0 aliphatic carbocycles. The van der Waals surface area contributed by atoms with Gasteiger partial charge in [0.15, 0.2) is 0 Å². The lowest BCUT2D eigenvalue weighted by molar-refractivity contribution is 0.247. The van der Waals surface area contributed by atoms with Gasteiger partial charge in [-0.1, -0.05) is 53.1 Å². The lowest BCUT2D eigenvalue weighted by atomic mass is 9.78. The molecule has 0 saturated carbocycles. The highest BCUT2D eigenvalue weighted by Gasteiger charge is 2.26. The first-order valence-electron chi connectivity index (χ1n) is 5.53. The molecule has 0 fully saturated rings. The van der Waals surface area contributed by atoms with E-state index in [2.05, 4.69) is 46.7 Å². The number of hydrogen-bond acceptors (Lipinski definition) is 2. The summed E-state index contributed by atoms with van der Waals surface area (Å²) in [5, 5.41) is 3.26. The van der Waals surface area contributed by atoms with E-state index in [-0.39, 0.29) is 16.9 Å². The Morgan fingerprint density at radius 2 is 1.57 bits per heavy atom. The van der Waals surface area contributed by atoms with Crippen molar-refractivity contribution in [1.29, 1.82) is 0 Å². The molecular weight excluding hydrogens is 174 g/mol. The molecule has 0 spiro atoms. The van der Waals surface area contributed by atoms with Gasteiger partial charge >= 0.3 is 0 Å². The molecule has 0 saturated heterocycles.